The van der Waals surface area contributed by atoms with Gasteiger partial charge in [-0.3, -0.25) is 9.59 Å². The standard InChI is InChI=1S/C28H28FN3O4/c1-16-10-11-18-14-20(29)12-13-23(18)32(16)28(34)26-17(2)25-22(8-5-9-24(25)36-26)30-31-27(33)19-6-4-7-21(15-19)35-3/h4,6-7,12-16H,5,8-11H2,1-3H3,(H,31,33)/b30-22+. The number of carbonyl (C=O) groups excluding carboxylic acids is 2. The number of nitrogens with one attached hydrogen (secondary N) is 1. The molecular weight excluding hydrogens is 461 g/mol. The van der Waals surface area contributed by atoms with Crippen LogP contribution in [0.2, 0.25) is 0 Å². The van der Waals surface area contributed by atoms with E-state index in [0.29, 0.717) is 46.9 Å². The molecule has 0 saturated carbocycles. The average molecular weight is 490 g/mol. The zero-order valence-corrected chi connectivity index (χ0v) is 20.6. The summed E-state index contributed by atoms with van der Waals surface area (Å²) in [6.45, 7) is 3.84. The highest BCUT2D eigenvalue weighted by Gasteiger charge is 2.35. The van der Waals surface area contributed by atoms with Gasteiger partial charge in [0.15, 0.2) is 5.76 Å². The highest BCUT2D eigenvalue weighted by atomic mass is 19.1. The van der Waals surface area contributed by atoms with Gasteiger partial charge in [-0.2, -0.15) is 5.10 Å². The lowest BCUT2D eigenvalue weighted by Gasteiger charge is -2.34. The van der Waals surface area contributed by atoms with E-state index in [0.717, 1.165) is 30.4 Å². The van der Waals surface area contributed by atoms with E-state index < -0.39 is 0 Å². The third-order valence-corrected chi connectivity index (χ3v) is 6.94. The van der Waals surface area contributed by atoms with Crippen molar-refractivity contribution in [1.82, 2.24) is 5.43 Å². The van der Waals surface area contributed by atoms with Gasteiger partial charge in [-0.25, -0.2) is 9.82 Å². The van der Waals surface area contributed by atoms with Crippen LogP contribution in [-0.2, 0) is 12.8 Å². The second-order valence-corrected chi connectivity index (χ2v) is 9.28. The molecule has 0 bridgehead atoms. The fraction of sp³-hybridized carbons (Fsp3) is 0.321. The first kappa shape index (κ1) is 23.8. The lowest BCUT2D eigenvalue weighted by Crippen LogP contribution is -2.42. The largest absolute Gasteiger partial charge is 0.497 e. The lowest BCUT2D eigenvalue weighted by atomic mass is 9.92. The molecule has 36 heavy (non-hydrogen) atoms. The van der Waals surface area contributed by atoms with Crippen molar-refractivity contribution in [3.8, 4) is 5.75 Å². The Balaban J connectivity index is 1.44. The Morgan fingerprint density at radius 2 is 2.00 bits per heavy atom. The first-order valence-corrected chi connectivity index (χ1v) is 12.1. The van der Waals surface area contributed by atoms with E-state index in [4.69, 9.17) is 9.15 Å². The molecule has 7 nitrogen and oxygen atoms in total. The van der Waals surface area contributed by atoms with E-state index in [9.17, 15) is 14.0 Å². The van der Waals surface area contributed by atoms with Gasteiger partial charge in [-0.15, -0.1) is 0 Å². The normalized spacial score (nSPS) is 17.9. The van der Waals surface area contributed by atoms with Gasteiger partial charge in [0.25, 0.3) is 11.8 Å². The summed E-state index contributed by atoms with van der Waals surface area (Å²) in [4.78, 5) is 28.1. The number of hydrogen-bond donors (Lipinski definition) is 1. The fourth-order valence-electron chi connectivity index (χ4n) is 5.07. The van der Waals surface area contributed by atoms with Crippen molar-refractivity contribution in [1.29, 1.82) is 0 Å². The zero-order valence-electron chi connectivity index (χ0n) is 20.6. The van der Waals surface area contributed by atoms with Crippen LogP contribution < -0.4 is 15.1 Å². The number of rotatable bonds is 4. The molecule has 186 valence electrons. The molecule has 0 saturated heterocycles. The van der Waals surface area contributed by atoms with Crippen molar-refractivity contribution in [2.75, 3.05) is 12.0 Å². The topological polar surface area (TPSA) is 84.1 Å². The summed E-state index contributed by atoms with van der Waals surface area (Å²) < 4.78 is 25.1. The number of halogens is 1. The SMILES string of the molecule is COc1cccc(C(=O)N/N=C2\CCCc3oc(C(=O)N4c5ccc(F)cc5CCC4C)c(C)c32)c1. The van der Waals surface area contributed by atoms with Crippen LogP contribution in [0.5, 0.6) is 5.75 Å². The van der Waals surface area contributed by atoms with Gasteiger partial charge >= 0.3 is 0 Å². The lowest BCUT2D eigenvalue weighted by molar-refractivity contribution is 0.0941. The molecular formula is C28H28FN3O4. The molecule has 2 amide bonds. The molecule has 5 rings (SSSR count). The summed E-state index contributed by atoms with van der Waals surface area (Å²) in [7, 11) is 1.54. The number of carbonyl (C=O) groups is 2. The van der Waals surface area contributed by atoms with Crippen molar-refractivity contribution < 1.29 is 23.1 Å². The molecule has 2 aliphatic rings. The molecule has 1 unspecified atom stereocenters. The Morgan fingerprint density at radius 3 is 2.81 bits per heavy atom. The van der Waals surface area contributed by atoms with Crippen molar-refractivity contribution in [3.63, 3.8) is 0 Å². The molecule has 1 aliphatic carbocycles. The van der Waals surface area contributed by atoms with Crippen LogP contribution in [-0.4, -0.2) is 30.7 Å². The molecule has 1 N–H and O–H groups in total. The van der Waals surface area contributed by atoms with E-state index in [-0.39, 0.29) is 29.4 Å². The predicted octanol–water partition coefficient (Wildman–Crippen LogP) is 5.19. The highest BCUT2D eigenvalue weighted by molar-refractivity contribution is 6.11. The van der Waals surface area contributed by atoms with Crippen LogP contribution in [0.4, 0.5) is 10.1 Å². The fourth-order valence-corrected chi connectivity index (χ4v) is 5.07. The second kappa shape index (κ2) is 9.60. The molecule has 0 radical (unpaired) electrons. The van der Waals surface area contributed by atoms with Crippen LogP contribution in [0.3, 0.4) is 0 Å². The summed E-state index contributed by atoms with van der Waals surface area (Å²) >= 11 is 0. The number of aryl methyl sites for hydroxylation is 2. The quantitative estimate of drug-likeness (QED) is 0.512. The number of nitrogens with zero attached hydrogens (tertiary/aromatic N) is 2. The highest BCUT2D eigenvalue weighted by Crippen LogP contribution is 2.36. The minimum atomic E-state index is -0.350. The van der Waals surface area contributed by atoms with Gasteiger partial charge in [0, 0.05) is 34.8 Å². The molecule has 1 atom stereocenters. The van der Waals surface area contributed by atoms with E-state index >= 15 is 0 Å². The molecule has 8 heteroatoms. The Kier molecular flexibility index (Phi) is 6.35. The number of anilines is 1. The molecule has 3 aromatic rings. The first-order chi connectivity index (χ1) is 17.4. The summed E-state index contributed by atoms with van der Waals surface area (Å²) in [6, 6.07) is 11.3. The van der Waals surface area contributed by atoms with Gasteiger partial charge in [0.1, 0.15) is 17.3 Å². The molecule has 0 fully saturated rings. The third-order valence-electron chi connectivity index (χ3n) is 6.94. The molecule has 1 aromatic heterocycles. The third kappa shape index (κ3) is 4.27. The number of hydrazone groups is 1. The Morgan fingerprint density at radius 1 is 1.17 bits per heavy atom. The van der Waals surface area contributed by atoms with Crippen molar-refractivity contribution >= 4 is 23.2 Å². The van der Waals surface area contributed by atoms with Gasteiger partial charge < -0.3 is 14.1 Å². The number of benzene rings is 2. The van der Waals surface area contributed by atoms with Gasteiger partial charge in [0.05, 0.1) is 12.8 Å². The van der Waals surface area contributed by atoms with Crippen LogP contribution in [0, 0.1) is 12.7 Å². The van der Waals surface area contributed by atoms with Crippen LogP contribution in [0.1, 0.15) is 69.5 Å². The summed E-state index contributed by atoms with van der Waals surface area (Å²) in [5.74, 6) is 0.634. The molecule has 0 spiro atoms. The van der Waals surface area contributed by atoms with Gasteiger partial charge in [-0.1, -0.05) is 6.07 Å². The Bertz CT molecular complexity index is 1380. The Labute approximate surface area is 208 Å². The minimum Gasteiger partial charge on any atom is -0.497 e. The molecule has 2 heterocycles. The smallest absolute Gasteiger partial charge is 0.294 e. The maximum atomic E-state index is 13.8. The average Bonchev–Trinajstić information content (AvgIpc) is 3.24. The van der Waals surface area contributed by atoms with Crippen LogP contribution >= 0.6 is 0 Å². The summed E-state index contributed by atoms with van der Waals surface area (Å²) in [5.41, 5.74) is 6.76. The minimum absolute atomic E-state index is 0.0488. The molecule has 1 aliphatic heterocycles. The summed E-state index contributed by atoms with van der Waals surface area (Å²) in [5, 5.41) is 4.41. The second-order valence-electron chi connectivity index (χ2n) is 9.28. The summed E-state index contributed by atoms with van der Waals surface area (Å²) in [6.07, 6.45) is 3.59. The van der Waals surface area contributed by atoms with Gasteiger partial charge in [0.2, 0.25) is 0 Å². The maximum absolute atomic E-state index is 13.8. The van der Waals surface area contributed by atoms with Crippen molar-refractivity contribution in [3.05, 3.63) is 82.1 Å². The van der Waals surface area contributed by atoms with E-state index in [1.807, 2.05) is 13.8 Å². The Hall–Kier alpha value is -3.94. The van der Waals surface area contributed by atoms with E-state index in [2.05, 4.69) is 10.5 Å². The number of hydrogen-bond acceptors (Lipinski definition) is 5. The number of fused-ring (bicyclic) bond motifs is 2. The van der Waals surface area contributed by atoms with Crippen molar-refractivity contribution in [2.45, 2.75) is 52.0 Å². The predicted molar refractivity (Wildman–Crippen MR) is 134 cm³/mol. The van der Waals surface area contributed by atoms with Crippen molar-refractivity contribution in [2.24, 2.45) is 5.10 Å². The van der Waals surface area contributed by atoms with Gasteiger partial charge in [-0.05, 0) is 81.5 Å². The monoisotopic (exact) mass is 489 g/mol. The van der Waals surface area contributed by atoms with Crippen LogP contribution in [0.15, 0.2) is 52.0 Å². The number of amides is 2. The van der Waals surface area contributed by atoms with Crippen LogP contribution in [0.25, 0.3) is 0 Å². The molecule has 2 aromatic carbocycles. The van der Waals surface area contributed by atoms with E-state index in [1.54, 1.807) is 42.3 Å². The van der Waals surface area contributed by atoms with E-state index in [1.165, 1.54) is 12.1 Å². The number of ether oxygens (including phenoxy) is 1. The maximum Gasteiger partial charge on any atom is 0.294 e. The number of furan rings is 1. The first-order valence-electron chi connectivity index (χ1n) is 12.1. The number of methoxy groups -OCH3 is 1. The zero-order chi connectivity index (χ0) is 25.4.